The fourth-order valence-corrected chi connectivity index (χ4v) is 1.45. The van der Waals surface area contributed by atoms with Gasteiger partial charge in [-0.2, -0.15) is 0 Å². The molecule has 0 aliphatic carbocycles. The Morgan fingerprint density at radius 1 is 1.21 bits per heavy atom. The van der Waals surface area contributed by atoms with Crippen molar-refractivity contribution in [3.8, 4) is 0 Å². The molecule has 0 saturated heterocycles. The topological polar surface area (TPSA) is 58.1 Å². The molecule has 5 nitrogen and oxygen atoms in total. The summed E-state index contributed by atoms with van der Waals surface area (Å²) in [6, 6.07) is 1.92. The maximum Gasteiger partial charge on any atom is 0.241 e. The van der Waals surface area contributed by atoms with Crippen LogP contribution in [0.3, 0.4) is 0 Å². The fraction of sp³-hybridized carbons (Fsp3) is 0.643. The molecule has 0 aliphatic heterocycles. The summed E-state index contributed by atoms with van der Waals surface area (Å²) in [5.41, 5.74) is 0.999. The quantitative estimate of drug-likeness (QED) is 0.886. The van der Waals surface area contributed by atoms with Crippen LogP contribution < -0.4 is 5.32 Å². The highest BCUT2D eigenvalue weighted by Crippen LogP contribution is 2.19. The van der Waals surface area contributed by atoms with Gasteiger partial charge < -0.3 is 10.2 Å². The Labute approximate surface area is 115 Å². The van der Waals surface area contributed by atoms with Crippen LogP contribution in [0.5, 0.6) is 0 Å². The van der Waals surface area contributed by atoms with Gasteiger partial charge in [0.05, 0.1) is 6.54 Å². The van der Waals surface area contributed by atoms with Crippen LogP contribution in [-0.4, -0.2) is 41.4 Å². The van der Waals surface area contributed by atoms with Gasteiger partial charge in [-0.15, -0.1) is 0 Å². The third-order valence-electron chi connectivity index (χ3n) is 2.79. The van der Waals surface area contributed by atoms with E-state index in [2.05, 4.69) is 43.0 Å². The van der Waals surface area contributed by atoms with Gasteiger partial charge in [-0.1, -0.05) is 27.7 Å². The van der Waals surface area contributed by atoms with E-state index in [9.17, 15) is 4.79 Å². The zero-order chi connectivity index (χ0) is 14.6. The van der Waals surface area contributed by atoms with Crippen molar-refractivity contribution in [2.75, 3.05) is 26.0 Å². The summed E-state index contributed by atoms with van der Waals surface area (Å²) in [6.07, 6.45) is 0. The number of rotatable bonds is 5. The van der Waals surface area contributed by atoms with Crippen LogP contribution in [0.1, 0.15) is 51.0 Å². The van der Waals surface area contributed by atoms with Gasteiger partial charge in [-0.3, -0.25) is 4.79 Å². The van der Waals surface area contributed by atoms with Crippen molar-refractivity contribution in [1.82, 2.24) is 14.9 Å². The second kappa shape index (κ2) is 6.50. The van der Waals surface area contributed by atoms with E-state index in [4.69, 9.17) is 0 Å². The third-order valence-corrected chi connectivity index (χ3v) is 2.79. The zero-order valence-electron chi connectivity index (χ0n) is 12.7. The average molecular weight is 264 g/mol. The van der Waals surface area contributed by atoms with Crippen molar-refractivity contribution in [2.45, 2.75) is 39.5 Å². The predicted octanol–water partition coefficient (Wildman–Crippen LogP) is 2.22. The van der Waals surface area contributed by atoms with E-state index in [1.54, 1.807) is 19.0 Å². The molecule has 0 saturated carbocycles. The summed E-state index contributed by atoms with van der Waals surface area (Å²) in [7, 11) is 3.48. The Hall–Kier alpha value is -1.65. The average Bonchev–Trinajstić information content (AvgIpc) is 2.35. The van der Waals surface area contributed by atoms with Gasteiger partial charge >= 0.3 is 0 Å². The minimum atomic E-state index is 0.0239. The number of hydrogen-bond acceptors (Lipinski definition) is 4. The third kappa shape index (κ3) is 4.50. The SMILES string of the molecule is CC(C)c1cc(NCC(=O)N(C)C)nc(C(C)C)n1. The van der Waals surface area contributed by atoms with E-state index >= 15 is 0 Å². The van der Waals surface area contributed by atoms with Crippen LogP contribution in [0.2, 0.25) is 0 Å². The lowest BCUT2D eigenvalue weighted by Gasteiger charge is -2.14. The van der Waals surface area contributed by atoms with Crippen molar-refractivity contribution in [2.24, 2.45) is 0 Å². The molecule has 1 amide bonds. The van der Waals surface area contributed by atoms with Gasteiger partial charge in [-0.05, 0) is 5.92 Å². The van der Waals surface area contributed by atoms with Gasteiger partial charge in [0.1, 0.15) is 11.6 Å². The number of anilines is 1. The summed E-state index contributed by atoms with van der Waals surface area (Å²) in [4.78, 5) is 22.1. The maximum atomic E-state index is 11.6. The van der Waals surface area contributed by atoms with Gasteiger partial charge in [0, 0.05) is 31.8 Å². The number of nitrogens with one attached hydrogen (secondary N) is 1. The number of aromatic nitrogens is 2. The molecule has 1 aromatic rings. The molecule has 0 spiro atoms. The number of nitrogens with zero attached hydrogens (tertiary/aromatic N) is 3. The number of amides is 1. The number of carbonyl (C=O) groups is 1. The summed E-state index contributed by atoms with van der Waals surface area (Å²) >= 11 is 0. The molecule has 106 valence electrons. The van der Waals surface area contributed by atoms with Crippen LogP contribution >= 0.6 is 0 Å². The highest BCUT2D eigenvalue weighted by molar-refractivity contribution is 5.80. The molecule has 1 aromatic heterocycles. The van der Waals surface area contributed by atoms with Gasteiger partial charge in [0.2, 0.25) is 5.91 Å². The molecule has 1 N–H and O–H groups in total. The molecule has 0 fully saturated rings. The Morgan fingerprint density at radius 3 is 2.32 bits per heavy atom. The smallest absolute Gasteiger partial charge is 0.241 e. The zero-order valence-corrected chi connectivity index (χ0v) is 12.7. The van der Waals surface area contributed by atoms with Crippen molar-refractivity contribution in [3.05, 3.63) is 17.6 Å². The van der Waals surface area contributed by atoms with Crippen molar-refractivity contribution in [3.63, 3.8) is 0 Å². The molecule has 0 aromatic carbocycles. The Morgan fingerprint density at radius 2 is 1.84 bits per heavy atom. The lowest BCUT2D eigenvalue weighted by atomic mass is 10.1. The van der Waals surface area contributed by atoms with Crippen LogP contribution in [-0.2, 0) is 4.79 Å². The van der Waals surface area contributed by atoms with Gasteiger partial charge in [0.15, 0.2) is 0 Å². The highest BCUT2D eigenvalue weighted by atomic mass is 16.2. The molecule has 0 atom stereocenters. The van der Waals surface area contributed by atoms with E-state index in [1.807, 2.05) is 6.07 Å². The van der Waals surface area contributed by atoms with Crippen LogP contribution in [0, 0.1) is 0 Å². The first-order chi connectivity index (χ1) is 8.81. The molecule has 1 rings (SSSR count). The lowest BCUT2D eigenvalue weighted by molar-refractivity contribution is -0.126. The molecule has 1 heterocycles. The maximum absolute atomic E-state index is 11.6. The number of hydrogen-bond donors (Lipinski definition) is 1. The first kappa shape index (κ1) is 15.4. The first-order valence-electron chi connectivity index (χ1n) is 6.64. The van der Waals surface area contributed by atoms with Crippen LogP contribution in [0.4, 0.5) is 5.82 Å². The van der Waals surface area contributed by atoms with Crippen molar-refractivity contribution >= 4 is 11.7 Å². The minimum Gasteiger partial charge on any atom is -0.361 e. The van der Waals surface area contributed by atoms with Crippen LogP contribution in [0.15, 0.2) is 6.07 Å². The molecule has 19 heavy (non-hydrogen) atoms. The Balaban J connectivity index is 2.90. The lowest BCUT2D eigenvalue weighted by Crippen LogP contribution is -2.29. The van der Waals surface area contributed by atoms with Crippen molar-refractivity contribution in [1.29, 1.82) is 0 Å². The monoisotopic (exact) mass is 264 g/mol. The van der Waals surface area contributed by atoms with Gasteiger partial charge in [-0.25, -0.2) is 9.97 Å². The second-order valence-electron chi connectivity index (χ2n) is 5.49. The first-order valence-corrected chi connectivity index (χ1v) is 6.64. The number of likely N-dealkylation sites (N-methyl/N-ethyl adjacent to an activating group) is 1. The molecule has 0 radical (unpaired) electrons. The van der Waals surface area contributed by atoms with Crippen molar-refractivity contribution < 1.29 is 4.79 Å². The summed E-state index contributed by atoms with van der Waals surface area (Å²) in [5, 5.41) is 3.07. The molecular weight excluding hydrogens is 240 g/mol. The Kier molecular flexibility index (Phi) is 5.27. The molecule has 0 bridgehead atoms. The molecule has 0 unspecified atom stereocenters. The molecule has 0 aliphatic rings. The van der Waals surface area contributed by atoms with E-state index in [0.29, 0.717) is 5.92 Å². The summed E-state index contributed by atoms with van der Waals surface area (Å²) < 4.78 is 0. The standard InChI is InChI=1S/C14H24N4O/c1-9(2)11-7-12(15-8-13(19)18(5)6)17-14(16-11)10(3)4/h7,9-10H,8H2,1-6H3,(H,15,16,17). The fourth-order valence-electron chi connectivity index (χ4n) is 1.45. The second-order valence-corrected chi connectivity index (χ2v) is 5.49. The Bertz CT molecular complexity index is 415. The largest absolute Gasteiger partial charge is 0.361 e. The predicted molar refractivity (Wildman–Crippen MR) is 77.4 cm³/mol. The van der Waals surface area contributed by atoms with E-state index in [0.717, 1.165) is 17.3 Å². The molecular formula is C14H24N4O. The van der Waals surface area contributed by atoms with E-state index < -0.39 is 0 Å². The number of carbonyl (C=O) groups excluding carboxylic acids is 1. The van der Waals surface area contributed by atoms with E-state index in [1.165, 1.54) is 0 Å². The summed E-state index contributed by atoms with van der Waals surface area (Å²) in [6.45, 7) is 8.57. The minimum absolute atomic E-state index is 0.0239. The molecule has 5 heteroatoms. The van der Waals surface area contributed by atoms with Crippen LogP contribution in [0.25, 0.3) is 0 Å². The van der Waals surface area contributed by atoms with Gasteiger partial charge in [0.25, 0.3) is 0 Å². The summed E-state index contributed by atoms with van der Waals surface area (Å²) in [5.74, 6) is 2.16. The highest BCUT2D eigenvalue weighted by Gasteiger charge is 2.11. The normalized spacial score (nSPS) is 10.9. The van der Waals surface area contributed by atoms with E-state index in [-0.39, 0.29) is 18.4 Å².